The highest BCUT2D eigenvalue weighted by molar-refractivity contribution is 6.34. The van der Waals surface area contributed by atoms with Gasteiger partial charge in [0.2, 0.25) is 5.91 Å². The Morgan fingerprint density at radius 3 is 2.29 bits per heavy atom. The van der Waals surface area contributed by atoms with Gasteiger partial charge in [-0.2, -0.15) is 0 Å². The zero-order valence-electron chi connectivity index (χ0n) is 20.7. The van der Waals surface area contributed by atoms with E-state index in [1.165, 1.54) is 0 Å². The Kier molecular flexibility index (Phi) is 8.93. The Morgan fingerprint density at radius 2 is 1.63 bits per heavy atom. The van der Waals surface area contributed by atoms with Crippen LogP contribution in [0.3, 0.4) is 0 Å². The van der Waals surface area contributed by atoms with Gasteiger partial charge in [0.25, 0.3) is 0 Å². The van der Waals surface area contributed by atoms with E-state index in [0.29, 0.717) is 25.2 Å². The van der Waals surface area contributed by atoms with E-state index in [0.717, 1.165) is 40.6 Å². The second-order valence-electron chi connectivity index (χ2n) is 9.35. The number of carbonyl (C=O) groups excluding carboxylic acids is 2. The van der Waals surface area contributed by atoms with Gasteiger partial charge in [-0.3, -0.25) is 4.79 Å². The van der Waals surface area contributed by atoms with Crippen molar-refractivity contribution in [1.82, 2.24) is 10.3 Å². The van der Waals surface area contributed by atoms with E-state index < -0.39 is 11.7 Å². The van der Waals surface area contributed by atoms with Crippen molar-refractivity contribution in [1.29, 1.82) is 0 Å². The number of ether oxygens (including phenoxy) is 1. The fraction of sp³-hybridized carbons (Fsp3) is 0.370. The molecule has 0 bridgehead atoms. The number of carbonyl (C=O) groups is 2. The number of benzene rings is 2. The van der Waals surface area contributed by atoms with Crippen molar-refractivity contribution >= 4 is 45.9 Å². The Hall–Kier alpha value is -3.32. The van der Waals surface area contributed by atoms with E-state index in [9.17, 15) is 9.59 Å². The molecular weight excluding hydrogens is 464 g/mol. The molecule has 0 saturated carbocycles. The van der Waals surface area contributed by atoms with Crippen LogP contribution in [0.5, 0.6) is 0 Å². The molecule has 3 N–H and O–H groups in total. The summed E-state index contributed by atoms with van der Waals surface area (Å²) in [6.45, 7) is 8.42. The summed E-state index contributed by atoms with van der Waals surface area (Å²) in [7, 11) is 0. The van der Waals surface area contributed by atoms with Crippen molar-refractivity contribution in [2.45, 2.75) is 65.6 Å². The summed E-state index contributed by atoms with van der Waals surface area (Å²) in [5, 5.41) is 10.3. The molecule has 0 aliphatic carbocycles. The lowest BCUT2D eigenvalue weighted by Gasteiger charge is -2.19. The Morgan fingerprint density at radius 1 is 0.971 bits per heavy atom. The molecular formula is C27H33ClN4O3. The molecule has 0 unspecified atom stereocenters. The quantitative estimate of drug-likeness (QED) is 0.288. The van der Waals surface area contributed by atoms with E-state index >= 15 is 0 Å². The molecule has 0 spiro atoms. The molecule has 0 atom stereocenters. The van der Waals surface area contributed by atoms with Crippen LogP contribution < -0.4 is 16.0 Å². The van der Waals surface area contributed by atoms with Crippen molar-refractivity contribution in [2.75, 3.05) is 10.6 Å². The number of aromatic nitrogens is 1. The number of alkyl carbamates (subject to hydrolysis) is 1. The molecule has 0 radical (unpaired) electrons. The number of nitrogens with one attached hydrogen (secondary N) is 3. The predicted octanol–water partition coefficient (Wildman–Crippen LogP) is 6.65. The molecule has 1 heterocycles. The molecule has 2 aromatic carbocycles. The van der Waals surface area contributed by atoms with E-state index in [1.807, 2.05) is 76.2 Å². The highest BCUT2D eigenvalue weighted by Crippen LogP contribution is 2.36. The van der Waals surface area contributed by atoms with E-state index in [4.69, 9.17) is 16.3 Å². The highest BCUT2D eigenvalue weighted by Gasteiger charge is 2.17. The number of unbranched alkanes of at least 4 members (excludes halogenated alkanes) is 1. The molecule has 0 aliphatic rings. The van der Waals surface area contributed by atoms with Gasteiger partial charge in [0, 0.05) is 24.9 Å². The minimum Gasteiger partial charge on any atom is -0.444 e. The van der Waals surface area contributed by atoms with Gasteiger partial charge in [-0.15, -0.1) is 0 Å². The molecule has 3 aromatic rings. The van der Waals surface area contributed by atoms with Crippen LogP contribution in [0.1, 0.15) is 58.1 Å². The number of nitrogens with zero attached hydrogens (tertiary/aromatic N) is 1. The van der Waals surface area contributed by atoms with Gasteiger partial charge >= 0.3 is 6.09 Å². The Balaban J connectivity index is 1.72. The SMILES string of the molecule is CCCCC(=O)Nc1c(Cl)nc2ccccc2c1NCc1ccc(CNC(=O)OC(C)(C)C)cc1. The molecule has 0 saturated heterocycles. The summed E-state index contributed by atoms with van der Waals surface area (Å²) >= 11 is 6.48. The number of pyridine rings is 1. The van der Waals surface area contributed by atoms with Crippen LogP contribution in [-0.2, 0) is 22.6 Å². The van der Waals surface area contributed by atoms with Crippen molar-refractivity contribution in [3.05, 3.63) is 64.8 Å². The molecule has 3 rings (SSSR count). The highest BCUT2D eigenvalue weighted by atomic mass is 35.5. The van der Waals surface area contributed by atoms with E-state index in [1.54, 1.807) is 0 Å². The average molecular weight is 497 g/mol. The summed E-state index contributed by atoms with van der Waals surface area (Å²) in [6.07, 6.45) is 1.73. The summed E-state index contributed by atoms with van der Waals surface area (Å²) in [5.74, 6) is -0.0873. The summed E-state index contributed by atoms with van der Waals surface area (Å²) in [5.41, 5.74) is 3.43. The monoisotopic (exact) mass is 496 g/mol. The minimum absolute atomic E-state index is 0.0873. The normalized spacial score (nSPS) is 11.2. The zero-order valence-corrected chi connectivity index (χ0v) is 21.5. The number of rotatable bonds is 9. The first-order valence-corrected chi connectivity index (χ1v) is 12.2. The first-order chi connectivity index (χ1) is 16.7. The van der Waals surface area contributed by atoms with Crippen molar-refractivity contribution in [3.63, 3.8) is 0 Å². The van der Waals surface area contributed by atoms with Crippen molar-refractivity contribution in [3.8, 4) is 0 Å². The van der Waals surface area contributed by atoms with E-state index in [2.05, 4.69) is 20.9 Å². The number of para-hydroxylation sites is 1. The maximum Gasteiger partial charge on any atom is 0.407 e. The predicted molar refractivity (Wildman–Crippen MR) is 142 cm³/mol. The van der Waals surface area contributed by atoms with Crippen LogP contribution >= 0.6 is 11.6 Å². The van der Waals surface area contributed by atoms with Crippen LogP contribution in [-0.4, -0.2) is 22.6 Å². The summed E-state index contributed by atoms with van der Waals surface area (Å²) in [4.78, 5) is 28.8. The summed E-state index contributed by atoms with van der Waals surface area (Å²) < 4.78 is 5.27. The number of fused-ring (bicyclic) bond motifs is 1. The second kappa shape index (κ2) is 11.9. The maximum absolute atomic E-state index is 12.4. The maximum atomic E-state index is 12.4. The first kappa shape index (κ1) is 26.3. The molecule has 0 aliphatic heterocycles. The van der Waals surface area contributed by atoms with Crippen LogP contribution in [0.25, 0.3) is 10.9 Å². The van der Waals surface area contributed by atoms with Crippen LogP contribution in [0, 0.1) is 0 Å². The van der Waals surface area contributed by atoms with Crippen LogP contribution in [0.15, 0.2) is 48.5 Å². The lowest BCUT2D eigenvalue weighted by Crippen LogP contribution is -2.32. The molecule has 35 heavy (non-hydrogen) atoms. The number of amides is 2. The van der Waals surface area contributed by atoms with Crippen molar-refractivity contribution < 1.29 is 14.3 Å². The third kappa shape index (κ3) is 7.86. The number of halogens is 1. The number of anilines is 2. The topological polar surface area (TPSA) is 92.4 Å². The van der Waals surface area contributed by atoms with Gasteiger partial charge in [-0.1, -0.05) is 67.4 Å². The van der Waals surface area contributed by atoms with Gasteiger partial charge in [-0.05, 0) is 44.4 Å². The van der Waals surface area contributed by atoms with Crippen LogP contribution in [0.4, 0.5) is 16.2 Å². The minimum atomic E-state index is -0.534. The summed E-state index contributed by atoms with van der Waals surface area (Å²) in [6, 6.07) is 15.6. The zero-order chi connectivity index (χ0) is 25.4. The fourth-order valence-corrected chi connectivity index (χ4v) is 3.71. The second-order valence-corrected chi connectivity index (χ2v) is 9.71. The molecule has 1 aromatic heterocycles. The van der Waals surface area contributed by atoms with Gasteiger partial charge in [0.05, 0.1) is 11.2 Å². The molecule has 7 nitrogen and oxygen atoms in total. The average Bonchev–Trinajstić information content (AvgIpc) is 2.81. The molecule has 2 amide bonds. The van der Waals surface area contributed by atoms with Gasteiger partial charge in [-0.25, -0.2) is 9.78 Å². The third-order valence-electron chi connectivity index (χ3n) is 5.20. The first-order valence-electron chi connectivity index (χ1n) is 11.8. The van der Waals surface area contributed by atoms with E-state index in [-0.39, 0.29) is 11.1 Å². The molecule has 8 heteroatoms. The Bertz CT molecular complexity index is 1170. The largest absolute Gasteiger partial charge is 0.444 e. The molecule has 186 valence electrons. The van der Waals surface area contributed by atoms with Gasteiger partial charge < -0.3 is 20.7 Å². The number of hydrogen-bond acceptors (Lipinski definition) is 5. The third-order valence-corrected chi connectivity index (χ3v) is 5.47. The lowest BCUT2D eigenvalue weighted by atomic mass is 10.1. The Labute approximate surface area is 211 Å². The van der Waals surface area contributed by atoms with Crippen LogP contribution in [0.2, 0.25) is 5.15 Å². The van der Waals surface area contributed by atoms with Gasteiger partial charge in [0.1, 0.15) is 11.3 Å². The lowest BCUT2D eigenvalue weighted by molar-refractivity contribution is -0.116. The van der Waals surface area contributed by atoms with Crippen molar-refractivity contribution in [2.24, 2.45) is 0 Å². The molecule has 0 fully saturated rings. The standard InChI is InChI=1S/C27H33ClN4O3/c1-5-6-11-22(33)32-24-23(20-9-7-8-10-21(20)31-25(24)28)29-16-18-12-14-19(15-13-18)17-30-26(34)35-27(2,3)4/h7-10,12-15H,5-6,11,16-17H2,1-4H3,(H,29,31)(H,30,34)(H,32,33). The smallest absolute Gasteiger partial charge is 0.407 e. The fourth-order valence-electron chi connectivity index (χ4n) is 3.47. The van der Waals surface area contributed by atoms with Gasteiger partial charge in [0.15, 0.2) is 5.15 Å². The number of hydrogen-bond donors (Lipinski definition) is 3.